The Morgan fingerprint density at radius 3 is 2.17 bits per heavy atom. The standard InChI is InChI=1S/C39H40N4O5/c1-42(22-20-29-15-18-35(47-3)36(26-29)48-4)21-19-27-13-16-32(17-14-27)40-37(44)31-12-8-11-30(23-31)24-33-39(46)43(2)34(38(45)41-33)25-28-9-6-5-7-10-28/h5-18,23-26H,19-22H2,1-4H3,(H,40,44)(H,41,45)/b33-24-,34-25-. The van der Waals surface area contributed by atoms with Crippen LogP contribution in [0.15, 0.2) is 107 Å². The number of likely N-dealkylation sites (N-methyl/N-ethyl adjacent to an activating group) is 1. The molecule has 5 rings (SSSR count). The van der Waals surface area contributed by atoms with Gasteiger partial charge in [-0.05, 0) is 90.7 Å². The van der Waals surface area contributed by atoms with Gasteiger partial charge in [-0.15, -0.1) is 0 Å². The van der Waals surface area contributed by atoms with Crippen molar-refractivity contribution in [1.82, 2.24) is 14.5 Å². The van der Waals surface area contributed by atoms with E-state index >= 15 is 0 Å². The number of hydrogen-bond donors (Lipinski definition) is 2. The SMILES string of the molecule is COc1ccc(CCN(C)CCc2ccc(NC(=O)c3cccc(/C=c4\[nH]c(=O)/c(=C/c5ccccc5)n(C)c4=O)c3)cc2)cc1OC. The van der Waals surface area contributed by atoms with Gasteiger partial charge in [0.2, 0.25) is 0 Å². The second-order valence-corrected chi connectivity index (χ2v) is 11.6. The third kappa shape index (κ3) is 8.57. The van der Waals surface area contributed by atoms with E-state index in [9.17, 15) is 14.4 Å². The smallest absolute Gasteiger partial charge is 0.274 e. The van der Waals surface area contributed by atoms with E-state index < -0.39 is 0 Å². The minimum absolute atomic E-state index is 0.132. The second-order valence-electron chi connectivity index (χ2n) is 11.6. The summed E-state index contributed by atoms with van der Waals surface area (Å²) in [5.41, 5.74) is 4.16. The highest BCUT2D eigenvalue weighted by Crippen LogP contribution is 2.27. The van der Waals surface area contributed by atoms with Gasteiger partial charge in [-0.1, -0.05) is 60.7 Å². The maximum atomic E-state index is 13.1. The zero-order valence-corrected chi connectivity index (χ0v) is 27.7. The van der Waals surface area contributed by atoms with Crippen LogP contribution in [0, 0.1) is 0 Å². The summed E-state index contributed by atoms with van der Waals surface area (Å²) >= 11 is 0. The Morgan fingerprint density at radius 2 is 1.46 bits per heavy atom. The first-order valence-corrected chi connectivity index (χ1v) is 15.7. The number of rotatable bonds is 12. The molecular formula is C39H40N4O5. The molecule has 0 spiro atoms. The fourth-order valence-corrected chi connectivity index (χ4v) is 5.33. The van der Waals surface area contributed by atoms with Gasteiger partial charge in [-0.2, -0.15) is 0 Å². The van der Waals surface area contributed by atoms with E-state index in [1.807, 2.05) is 66.7 Å². The van der Waals surface area contributed by atoms with Crippen molar-refractivity contribution in [2.45, 2.75) is 12.8 Å². The number of H-pyrrole nitrogens is 1. The summed E-state index contributed by atoms with van der Waals surface area (Å²) in [4.78, 5) is 44.0. The second kappa shape index (κ2) is 15.8. The molecule has 9 heteroatoms. The van der Waals surface area contributed by atoms with Crippen molar-refractivity contribution in [1.29, 1.82) is 0 Å². The molecule has 5 aromatic rings. The first-order chi connectivity index (χ1) is 23.2. The van der Waals surface area contributed by atoms with Crippen molar-refractivity contribution in [2.75, 3.05) is 39.7 Å². The molecule has 0 aliphatic rings. The van der Waals surface area contributed by atoms with Gasteiger partial charge in [0, 0.05) is 31.4 Å². The average Bonchev–Trinajstić information content (AvgIpc) is 3.11. The lowest BCUT2D eigenvalue weighted by atomic mass is 10.1. The lowest BCUT2D eigenvalue weighted by Crippen LogP contribution is -2.52. The van der Waals surface area contributed by atoms with Gasteiger partial charge in [-0.3, -0.25) is 14.4 Å². The Bertz CT molecular complexity index is 2120. The minimum atomic E-state index is -0.384. The van der Waals surface area contributed by atoms with Crippen molar-refractivity contribution >= 4 is 23.7 Å². The van der Waals surface area contributed by atoms with Crippen LogP contribution < -0.4 is 36.6 Å². The number of amides is 1. The summed E-state index contributed by atoms with van der Waals surface area (Å²) in [6.45, 7) is 1.80. The molecule has 0 aliphatic heterocycles. The Labute approximate surface area is 279 Å². The van der Waals surface area contributed by atoms with E-state index in [0.717, 1.165) is 43.0 Å². The van der Waals surface area contributed by atoms with Crippen molar-refractivity contribution < 1.29 is 14.3 Å². The number of carbonyl (C=O) groups is 1. The number of aromatic nitrogens is 2. The van der Waals surface area contributed by atoms with Gasteiger partial charge in [0.25, 0.3) is 17.0 Å². The van der Waals surface area contributed by atoms with Gasteiger partial charge in [0.05, 0.1) is 14.2 Å². The van der Waals surface area contributed by atoms with Crippen LogP contribution in [-0.4, -0.2) is 54.7 Å². The van der Waals surface area contributed by atoms with Crippen LogP contribution in [0.3, 0.4) is 0 Å². The number of hydrogen-bond acceptors (Lipinski definition) is 6. The van der Waals surface area contributed by atoms with E-state index in [1.165, 1.54) is 15.7 Å². The number of nitrogens with zero attached hydrogens (tertiary/aromatic N) is 2. The molecule has 0 radical (unpaired) electrons. The fraction of sp³-hybridized carbons (Fsp3) is 0.205. The van der Waals surface area contributed by atoms with E-state index in [1.54, 1.807) is 57.7 Å². The number of aromatic amines is 1. The number of ether oxygens (including phenoxy) is 2. The van der Waals surface area contributed by atoms with E-state index in [2.05, 4.69) is 28.3 Å². The zero-order valence-electron chi connectivity index (χ0n) is 27.7. The van der Waals surface area contributed by atoms with Crippen LogP contribution in [0.25, 0.3) is 12.2 Å². The van der Waals surface area contributed by atoms with Gasteiger partial charge in [0.15, 0.2) is 11.5 Å². The van der Waals surface area contributed by atoms with Crippen LogP contribution in [-0.2, 0) is 19.9 Å². The Balaban J connectivity index is 1.19. The quantitative estimate of drug-likeness (QED) is 0.215. The van der Waals surface area contributed by atoms with Gasteiger partial charge >= 0.3 is 0 Å². The molecule has 0 saturated carbocycles. The zero-order chi connectivity index (χ0) is 34.0. The number of methoxy groups -OCH3 is 2. The van der Waals surface area contributed by atoms with Crippen molar-refractivity contribution in [2.24, 2.45) is 7.05 Å². The monoisotopic (exact) mass is 644 g/mol. The van der Waals surface area contributed by atoms with Crippen LogP contribution in [0.2, 0.25) is 0 Å². The van der Waals surface area contributed by atoms with E-state index in [-0.39, 0.29) is 27.7 Å². The summed E-state index contributed by atoms with van der Waals surface area (Å²) in [5, 5.41) is 3.33. The summed E-state index contributed by atoms with van der Waals surface area (Å²) < 4.78 is 12.1. The number of benzene rings is 4. The normalized spacial score (nSPS) is 11.9. The van der Waals surface area contributed by atoms with Crippen LogP contribution in [0.4, 0.5) is 5.69 Å². The van der Waals surface area contributed by atoms with E-state index in [0.29, 0.717) is 16.8 Å². The van der Waals surface area contributed by atoms with Gasteiger partial charge < -0.3 is 29.2 Å². The van der Waals surface area contributed by atoms with Crippen LogP contribution in [0.1, 0.15) is 32.6 Å². The molecular weight excluding hydrogens is 604 g/mol. The third-order valence-corrected chi connectivity index (χ3v) is 8.16. The Hall–Kier alpha value is -5.67. The number of anilines is 1. The van der Waals surface area contributed by atoms with Gasteiger partial charge in [-0.25, -0.2) is 0 Å². The number of nitrogens with one attached hydrogen (secondary N) is 2. The number of carbonyl (C=O) groups excluding carboxylic acids is 1. The first-order valence-electron chi connectivity index (χ1n) is 15.7. The molecule has 0 aliphatic carbocycles. The molecule has 0 saturated heterocycles. The largest absolute Gasteiger partial charge is 0.493 e. The molecule has 0 bridgehead atoms. The molecule has 48 heavy (non-hydrogen) atoms. The Morgan fingerprint density at radius 1 is 0.792 bits per heavy atom. The molecule has 0 unspecified atom stereocenters. The van der Waals surface area contributed by atoms with Crippen LogP contribution in [0.5, 0.6) is 11.5 Å². The molecule has 1 amide bonds. The molecule has 0 atom stereocenters. The molecule has 1 heterocycles. The predicted octanol–water partition coefficient (Wildman–Crippen LogP) is 3.72. The summed E-state index contributed by atoms with van der Waals surface area (Å²) in [5.74, 6) is 1.19. The van der Waals surface area contributed by atoms with E-state index in [4.69, 9.17) is 9.47 Å². The molecule has 246 valence electrons. The maximum Gasteiger partial charge on any atom is 0.274 e. The molecule has 4 aromatic carbocycles. The summed E-state index contributed by atoms with van der Waals surface area (Å²) in [6.07, 6.45) is 5.02. The average molecular weight is 645 g/mol. The highest BCUT2D eigenvalue weighted by Gasteiger charge is 2.09. The highest BCUT2D eigenvalue weighted by atomic mass is 16.5. The summed E-state index contributed by atoms with van der Waals surface area (Å²) in [6, 6.07) is 30.1. The highest BCUT2D eigenvalue weighted by molar-refractivity contribution is 6.04. The third-order valence-electron chi connectivity index (χ3n) is 8.16. The van der Waals surface area contributed by atoms with Gasteiger partial charge in [0.1, 0.15) is 10.7 Å². The minimum Gasteiger partial charge on any atom is -0.493 e. The topological polar surface area (TPSA) is 106 Å². The summed E-state index contributed by atoms with van der Waals surface area (Å²) in [7, 11) is 6.95. The molecule has 0 fully saturated rings. The fourth-order valence-electron chi connectivity index (χ4n) is 5.33. The molecule has 2 N–H and O–H groups in total. The van der Waals surface area contributed by atoms with Crippen LogP contribution >= 0.6 is 0 Å². The lowest BCUT2D eigenvalue weighted by molar-refractivity contribution is 0.102. The Kier molecular flexibility index (Phi) is 11.1. The van der Waals surface area contributed by atoms with Crippen molar-refractivity contribution in [3.63, 3.8) is 0 Å². The lowest BCUT2D eigenvalue weighted by Gasteiger charge is -2.17. The van der Waals surface area contributed by atoms with Crippen molar-refractivity contribution in [3.8, 4) is 11.5 Å². The van der Waals surface area contributed by atoms with Crippen molar-refractivity contribution in [3.05, 3.63) is 156 Å². The molecule has 1 aromatic heterocycles. The maximum absolute atomic E-state index is 13.1. The molecule has 9 nitrogen and oxygen atoms in total. The predicted molar refractivity (Wildman–Crippen MR) is 190 cm³/mol. The first kappa shape index (κ1) is 33.7.